The van der Waals surface area contributed by atoms with Crippen LogP contribution in [0.1, 0.15) is 16.1 Å². The van der Waals surface area contributed by atoms with Gasteiger partial charge in [-0.2, -0.15) is 13.2 Å². The van der Waals surface area contributed by atoms with Crippen LogP contribution in [0.4, 0.5) is 29.1 Å². The molecule has 0 saturated carbocycles. The molecule has 0 aliphatic carbocycles. The smallest absolute Gasteiger partial charge is 0.381 e. The summed E-state index contributed by atoms with van der Waals surface area (Å²) < 4.78 is 53.8. The van der Waals surface area contributed by atoms with Crippen LogP contribution in [0, 0.1) is 5.82 Å². The molecule has 9 nitrogen and oxygen atoms in total. The van der Waals surface area contributed by atoms with Gasteiger partial charge in [0.05, 0.1) is 36.3 Å². The summed E-state index contributed by atoms with van der Waals surface area (Å²) in [7, 11) is 0. The number of pyridine rings is 1. The molecule has 0 bridgehead atoms. The summed E-state index contributed by atoms with van der Waals surface area (Å²) in [6.45, 7) is 0. The number of rotatable bonds is 3. The molecule has 0 atom stereocenters. The second-order valence-corrected chi connectivity index (χ2v) is 5.81. The number of fused-ring (bicyclic) bond motifs is 1. The molecular formula is C16H10F4N8O. The number of halogens is 4. The maximum Gasteiger partial charge on any atom is 0.434 e. The number of nitrogens with two attached hydrogens (primary N) is 1. The molecule has 148 valence electrons. The highest BCUT2D eigenvalue weighted by molar-refractivity contribution is 6.12. The predicted molar refractivity (Wildman–Crippen MR) is 91.7 cm³/mol. The molecule has 0 unspecified atom stereocenters. The van der Waals surface area contributed by atoms with Crippen LogP contribution >= 0.6 is 0 Å². The Balaban J connectivity index is 1.70. The molecule has 0 aromatic carbocycles. The van der Waals surface area contributed by atoms with Gasteiger partial charge >= 0.3 is 6.18 Å². The van der Waals surface area contributed by atoms with Crippen molar-refractivity contribution < 1.29 is 22.4 Å². The zero-order valence-corrected chi connectivity index (χ0v) is 14.2. The van der Waals surface area contributed by atoms with Gasteiger partial charge < -0.3 is 15.6 Å². The molecule has 0 fully saturated rings. The normalized spacial score (nSPS) is 11.7. The van der Waals surface area contributed by atoms with Crippen molar-refractivity contribution >= 4 is 23.1 Å². The lowest BCUT2D eigenvalue weighted by molar-refractivity contribution is -0.140. The van der Waals surface area contributed by atoms with E-state index in [1.54, 1.807) is 0 Å². The van der Waals surface area contributed by atoms with Crippen molar-refractivity contribution in [2.45, 2.75) is 6.18 Å². The van der Waals surface area contributed by atoms with Gasteiger partial charge in [-0.25, -0.2) is 18.9 Å². The molecule has 3 N–H and O–H groups in total. The number of carbonyl (C=O) groups is 1. The summed E-state index contributed by atoms with van der Waals surface area (Å²) in [5, 5.41) is 6.33. The number of amides is 1. The van der Waals surface area contributed by atoms with Crippen LogP contribution in [0.3, 0.4) is 0 Å². The van der Waals surface area contributed by atoms with Gasteiger partial charge in [0.15, 0.2) is 23.0 Å². The van der Waals surface area contributed by atoms with E-state index in [0.717, 1.165) is 34.0 Å². The maximum absolute atomic E-state index is 13.3. The van der Waals surface area contributed by atoms with Gasteiger partial charge in [0, 0.05) is 12.4 Å². The second-order valence-electron chi connectivity index (χ2n) is 5.81. The van der Waals surface area contributed by atoms with Gasteiger partial charge in [0.25, 0.3) is 5.91 Å². The van der Waals surface area contributed by atoms with E-state index in [1.165, 1.54) is 18.5 Å². The number of nitrogen functional groups attached to an aromatic ring is 1. The molecule has 0 radical (unpaired) electrons. The minimum Gasteiger partial charge on any atom is -0.381 e. The highest BCUT2D eigenvalue weighted by Gasteiger charge is 2.33. The third-order valence-corrected chi connectivity index (χ3v) is 3.89. The Morgan fingerprint density at radius 3 is 2.69 bits per heavy atom. The Morgan fingerprint density at radius 1 is 1.17 bits per heavy atom. The van der Waals surface area contributed by atoms with Crippen LogP contribution in [0.5, 0.6) is 0 Å². The Kier molecular flexibility index (Phi) is 4.14. The summed E-state index contributed by atoms with van der Waals surface area (Å²) >= 11 is 0. The van der Waals surface area contributed by atoms with E-state index in [0.29, 0.717) is 0 Å². The summed E-state index contributed by atoms with van der Waals surface area (Å²) in [6, 6.07) is 1.39. The molecule has 4 rings (SSSR count). The van der Waals surface area contributed by atoms with Gasteiger partial charge in [-0.05, 0) is 6.07 Å². The summed E-state index contributed by atoms with van der Waals surface area (Å²) in [6.07, 6.45) is 1.60. The van der Waals surface area contributed by atoms with Gasteiger partial charge in [-0.1, -0.05) is 0 Å². The van der Waals surface area contributed by atoms with Crippen LogP contribution in [0.2, 0.25) is 0 Å². The molecule has 29 heavy (non-hydrogen) atoms. The zero-order chi connectivity index (χ0) is 20.8. The molecule has 4 aromatic heterocycles. The first-order chi connectivity index (χ1) is 13.7. The first-order valence-corrected chi connectivity index (χ1v) is 7.90. The van der Waals surface area contributed by atoms with E-state index < -0.39 is 23.6 Å². The largest absolute Gasteiger partial charge is 0.434 e. The highest BCUT2D eigenvalue weighted by Crippen LogP contribution is 2.29. The number of aromatic nitrogens is 6. The van der Waals surface area contributed by atoms with Crippen molar-refractivity contribution in [1.82, 2.24) is 29.1 Å². The van der Waals surface area contributed by atoms with Crippen LogP contribution < -0.4 is 11.1 Å². The summed E-state index contributed by atoms with van der Waals surface area (Å²) in [5.41, 5.74) is 4.81. The van der Waals surface area contributed by atoms with E-state index in [-0.39, 0.29) is 28.4 Å². The molecule has 1 amide bonds. The molecule has 0 aliphatic heterocycles. The molecule has 13 heteroatoms. The van der Waals surface area contributed by atoms with Gasteiger partial charge in [0.1, 0.15) is 5.56 Å². The van der Waals surface area contributed by atoms with E-state index in [1.807, 2.05) is 0 Å². The third kappa shape index (κ3) is 3.33. The van der Waals surface area contributed by atoms with E-state index >= 15 is 0 Å². The van der Waals surface area contributed by atoms with Crippen LogP contribution in [0.15, 0.2) is 43.4 Å². The highest BCUT2D eigenvalue weighted by atomic mass is 19.4. The quantitative estimate of drug-likeness (QED) is 0.505. The van der Waals surface area contributed by atoms with E-state index in [2.05, 4.69) is 25.4 Å². The fourth-order valence-corrected chi connectivity index (χ4v) is 2.64. The Bertz CT molecular complexity index is 1230. The molecule has 4 heterocycles. The molecule has 0 aliphatic rings. The maximum atomic E-state index is 13.3. The second kappa shape index (κ2) is 6.54. The SMILES string of the molecule is Nc1nn2cc(F)cnc2c1C(=O)Nc1cnccc1-n1cnc(C(F)(F)F)c1. The number of hydrogen-bond donors (Lipinski definition) is 2. The van der Waals surface area contributed by atoms with Gasteiger partial charge in [-0.3, -0.25) is 9.78 Å². The van der Waals surface area contributed by atoms with Crippen LogP contribution in [-0.2, 0) is 6.18 Å². The zero-order valence-electron chi connectivity index (χ0n) is 14.2. The first-order valence-electron chi connectivity index (χ1n) is 7.90. The lowest BCUT2D eigenvalue weighted by atomic mass is 10.2. The van der Waals surface area contributed by atoms with E-state index in [9.17, 15) is 22.4 Å². The van der Waals surface area contributed by atoms with Gasteiger partial charge in [-0.15, -0.1) is 5.10 Å². The van der Waals surface area contributed by atoms with Crippen LogP contribution in [0.25, 0.3) is 11.3 Å². The minimum absolute atomic E-state index is 0.00817. The standard InChI is InChI=1S/C16H10F4N8O/c17-8-3-23-14-12(13(21)26-28(14)5-8)15(29)25-9-4-22-2-1-10(9)27-6-11(24-7-27)16(18,19)20/h1-7H,(H2,21,26)(H,25,29). The molecule has 0 spiro atoms. The van der Waals surface area contributed by atoms with Crippen molar-refractivity contribution in [2.75, 3.05) is 11.1 Å². The Labute approximate surface area is 158 Å². The number of nitrogens with zero attached hydrogens (tertiary/aromatic N) is 6. The lowest BCUT2D eigenvalue weighted by Gasteiger charge is -2.11. The fraction of sp³-hybridized carbons (Fsp3) is 0.0625. The average Bonchev–Trinajstić information content (AvgIpc) is 3.25. The number of hydrogen-bond acceptors (Lipinski definition) is 6. The van der Waals surface area contributed by atoms with Crippen LogP contribution in [-0.4, -0.2) is 35.0 Å². The van der Waals surface area contributed by atoms with Crippen molar-refractivity contribution in [3.63, 3.8) is 0 Å². The minimum atomic E-state index is -4.62. The fourth-order valence-electron chi connectivity index (χ4n) is 2.64. The first kappa shape index (κ1) is 18.3. The molecule has 0 saturated heterocycles. The Morgan fingerprint density at radius 2 is 1.97 bits per heavy atom. The molecule has 4 aromatic rings. The number of alkyl halides is 3. The van der Waals surface area contributed by atoms with Gasteiger partial charge in [0.2, 0.25) is 0 Å². The van der Waals surface area contributed by atoms with Crippen molar-refractivity contribution in [3.8, 4) is 5.69 Å². The summed E-state index contributed by atoms with van der Waals surface area (Å²) in [4.78, 5) is 23.7. The molecular weight excluding hydrogens is 396 g/mol. The lowest BCUT2D eigenvalue weighted by Crippen LogP contribution is -2.15. The summed E-state index contributed by atoms with van der Waals surface area (Å²) in [5.74, 6) is -1.63. The average molecular weight is 406 g/mol. The predicted octanol–water partition coefficient (Wildman–Crippen LogP) is 2.30. The number of carbonyl (C=O) groups excluding carboxylic acids is 1. The van der Waals surface area contributed by atoms with E-state index in [4.69, 9.17) is 5.73 Å². The van der Waals surface area contributed by atoms with Crippen molar-refractivity contribution in [2.24, 2.45) is 0 Å². The van der Waals surface area contributed by atoms with Crippen molar-refractivity contribution in [1.29, 1.82) is 0 Å². The third-order valence-electron chi connectivity index (χ3n) is 3.89. The number of nitrogens with one attached hydrogen (secondary N) is 1. The topological polar surface area (TPSA) is 116 Å². The van der Waals surface area contributed by atoms with Crippen molar-refractivity contribution in [3.05, 3.63) is 60.5 Å². The Hall–Kier alpha value is -4.03. The monoisotopic (exact) mass is 406 g/mol. The number of imidazole rings is 1. The number of anilines is 2.